The molecule has 1 fully saturated rings. The molecule has 1 aliphatic rings. The summed E-state index contributed by atoms with van der Waals surface area (Å²) >= 11 is 0. The number of aliphatic hydroxyl groups is 1. The van der Waals surface area contributed by atoms with E-state index in [0.29, 0.717) is 24.3 Å². The van der Waals surface area contributed by atoms with E-state index in [-0.39, 0.29) is 48.7 Å². The minimum atomic E-state index is -2.18. The van der Waals surface area contributed by atoms with Crippen LogP contribution in [0.1, 0.15) is 54.6 Å². The number of allylic oxidation sites excluding steroid dienone is 1. The van der Waals surface area contributed by atoms with Crippen LogP contribution < -0.4 is 16.0 Å². The quantitative estimate of drug-likeness (QED) is 0.103. The number of hydrogen-bond acceptors (Lipinski definition) is 10. The number of nitrogens with zero attached hydrogens (tertiary/aromatic N) is 3. The number of halogens is 1. The van der Waals surface area contributed by atoms with Gasteiger partial charge >= 0.3 is 0 Å². The van der Waals surface area contributed by atoms with Gasteiger partial charge in [0.2, 0.25) is 5.91 Å². The lowest BCUT2D eigenvalue weighted by molar-refractivity contribution is -0.130. The average molecular weight is 627 g/mol. The molecule has 1 saturated heterocycles. The van der Waals surface area contributed by atoms with Crippen molar-refractivity contribution >= 4 is 24.0 Å². The number of aldehydes is 1. The van der Waals surface area contributed by atoms with Gasteiger partial charge in [0, 0.05) is 31.3 Å². The predicted molar refractivity (Wildman–Crippen MR) is 159 cm³/mol. The highest BCUT2D eigenvalue weighted by Crippen LogP contribution is 2.18. The number of aryl methyl sites for hydroxylation is 2. The van der Waals surface area contributed by atoms with E-state index in [9.17, 15) is 33.9 Å². The molecule has 0 aliphatic carbocycles. The molecule has 0 saturated carbocycles. The molecule has 1 aliphatic heterocycles. The summed E-state index contributed by atoms with van der Waals surface area (Å²) in [4.78, 5) is 53.1. The van der Waals surface area contributed by atoms with Gasteiger partial charge in [-0.2, -0.15) is 5.26 Å². The van der Waals surface area contributed by atoms with E-state index in [4.69, 9.17) is 9.26 Å². The van der Waals surface area contributed by atoms with Crippen LogP contribution in [-0.2, 0) is 25.7 Å². The van der Waals surface area contributed by atoms with Crippen LogP contribution in [0.3, 0.4) is 0 Å². The molecule has 45 heavy (non-hydrogen) atoms. The maximum Gasteiger partial charge on any atom is 0.275 e. The van der Waals surface area contributed by atoms with E-state index in [1.807, 2.05) is 19.9 Å². The molecule has 3 amide bonds. The smallest absolute Gasteiger partial charge is 0.275 e. The monoisotopic (exact) mass is 626 g/mol. The molecule has 13 nitrogen and oxygen atoms in total. The predicted octanol–water partition coefficient (Wildman–Crippen LogP) is 1.43. The summed E-state index contributed by atoms with van der Waals surface area (Å²) < 4.78 is 25.4. The van der Waals surface area contributed by atoms with Crippen molar-refractivity contribution in [3.63, 3.8) is 0 Å². The van der Waals surface area contributed by atoms with Gasteiger partial charge in [-0.15, -0.1) is 0 Å². The number of rotatable bonds is 14. The van der Waals surface area contributed by atoms with Gasteiger partial charge in [0.25, 0.3) is 11.8 Å². The average Bonchev–Trinajstić information content (AvgIpc) is 3.65. The van der Waals surface area contributed by atoms with Crippen molar-refractivity contribution in [2.24, 2.45) is 5.92 Å². The fraction of sp³-hybridized carbons (Fsp3) is 0.484. The fourth-order valence-electron chi connectivity index (χ4n) is 4.66. The minimum absolute atomic E-state index is 0.00205. The number of hydrogen-bond donors (Lipinski definition) is 4. The van der Waals surface area contributed by atoms with Gasteiger partial charge < -0.3 is 29.9 Å². The van der Waals surface area contributed by atoms with Gasteiger partial charge in [-0.05, 0) is 44.7 Å². The second-order valence-corrected chi connectivity index (χ2v) is 11.4. The summed E-state index contributed by atoms with van der Waals surface area (Å²) in [7, 11) is 0. The summed E-state index contributed by atoms with van der Waals surface area (Å²) in [5.74, 6) is -2.19. The van der Waals surface area contributed by atoms with Crippen LogP contribution >= 0.6 is 0 Å². The zero-order valence-corrected chi connectivity index (χ0v) is 25.9. The second kappa shape index (κ2) is 15.5. The van der Waals surface area contributed by atoms with E-state index in [1.165, 1.54) is 30.0 Å². The van der Waals surface area contributed by atoms with Crippen molar-refractivity contribution in [1.29, 1.82) is 5.26 Å². The van der Waals surface area contributed by atoms with E-state index in [1.54, 1.807) is 26.0 Å². The van der Waals surface area contributed by atoms with Crippen molar-refractivity contribution in [3.8, 4) is 6.07 Å². The molecule has 0 bridgehead atoms. The molecule has 0 spiro atoms. The Bertz CT molecular complexity index is 1470. The third-order valence-electron chi connectivity index (χ3n) is 7.20. The molecule has 2 aromatic rings. The standard InChI is InChI=1S/C31H39FN6O7/c1-18(2)10-23(13-33)30(43)38-9-8-24(15-38)44-16-27(28(41)34-14-22-7-6-19(3)11-25(22)32)35-31(17-39,21(5)40)36-29(42)26-12-20(4)45-37-26/h6-7,10-12,17-18,21,24,27,35,40H,8-9,14-16H2,1-5H3,(H,34,41)(H,36,42)/t21-,24-,27+,31-/m1/s1. The van der Waals surface area contributed by atoms with Crippen molar-refractivity contribution < 1.29 is 37.9 Å². The number of amides is 3. The lowest BCUT2D eigenvalue weighted by atomic mass is 10.0. The molecular weight excluding hydrogens is 587 g/mol. The molecule has 4 N–H and O–H groups in total. The number of carbonyl (C=O) groups excluding carboxylic acids is 4. The number of carbonyl (C=O) groups is 4. The Kier molecular flexibility index (Phi) is 12.1. The SMILES string of the molecule is Cc1ccc(CNC(=O)[C@H](CO[C@@H]2CCN(C(=O)C(C#N)=CC(C)C)C2)N[C@](C=O)(NC(=O)c2cc(C)on2)[C@@H](C)O)c(F)c1. The van der Waals surface area contributed by atoms with Gasteiger partial charge in [0.15, 0.2) is 17.6 Å². The van der Waals surface area contributed by atoms with E-state index in [2.05, 4.69) is 21.1 Å². The lowest BCUT2D eigenvalue weighted by Gasteiger charge is -2.36. The number of likely N-dealkylation sites (tertiary alicyclic amines) is 1. The van der Waals surface area contributed by atoms with Crippen LogP contribution in [0.5, 0.6) is 0 Å². The number of aliphatic hydroxyl groups excluding tert-OH is 1. The molecule has 1 aromatic heterocycles. The van der Waals surface area contributed by atoms with Crippen molar-refractivity contribution in [3.05, 3.63) is 64.3 Å². The Morgan fingerprint density at radius 1 is 1.29 bits per heavy atom. The van der Waals surface area contributed by atoms with Gasteiger partial charge in [-0.25, -0.2) is 4.39 Å². The first-order chi connectivity index (χ1) is 21.3. The Morgan fingerprint density at radius 3 is 2.60 bits per heavy atom. The van der Waals surface area contributed by atoms with Crippen LogP contribution in [0.15, 0.2) is 40.4 Å². The number of benzene rings is 1. The summed E-state index contributed by atoms with van der Waals surface area (Å²) in [5, 5.41) is 31.4. The number of nitrogens with one attached hydrogen (secondary N) is 3. The van der Waals surface area contributed by atoms with Crippen LogP contribution in [0.4, 0.5) is 4.39 Å². The molecule has 0 unspecified atom stereocenters. The Morgan fingerprint density at radius 2 is 2.02 bits per heavy atom. The molecule has 3 rings (SSSR count). The normalized spacial score (nSPS) is 17.7. The summed E-state index contributed by atoms with van der Waals surface area (Å²) in [5.41, 5.74) is -1.39. The van der Waals surface area contributed by atoms with E-state index < -0.39 is 47.5 Å². The van der Waals surface area contributed by atoms with E-state index in [0.717, 1.165) is 0 Å². The van der Waals surface area contributed by atoms with Crippen LogP contribution in [0.2, 0.25) is 0 Å². The zero-order valence-electron chi connectivity index (χ0n) is 25.9. The molecule has 242 valence electrons. The molecular formula is C31H39FN6O7. The third kappa shape index (κ3) is 9.27. The largest absolute Gasteiger partial charge is 0.389 e. The summed E-state index contributed by atoms with van der Waals surface area (Å²) in [6.07, 6.45) is 0.176. The van der Waals surface area contributed by atoms with Crippen molar-refractivity contribution in [2.45, 2.75) is 71.5 Å². The zero-order chi connectivity index (χ0) is 33.3. The Labute approximate surface area is 260 Å². The highest BCUT2D eigenvalue weighted by atomic mass is 19.1. The van der Waals surface area contributed by atoms with Gasteiger partial charge in [-0.1, -0.05) is 37.2 Å². The first-order valence-electron chi connectivity index (χ1n) is 14.5. The molecule has 1 aromatic carbocycles. The van der Waals surface area contributed by atoms with Crippen LogP contribution in [-0.4, -0.2) is 82.8 Å². The third-order valence-corrected chi connectivity index (χ3v) is 7.20. The second-order valence-electron chi connectivity index (χ2n) is 11.4. The van der Waals surface area contributed by atoms with E-state index >= 15 is 0 Å². The maximum absolute atomic E-state index is 14.5. The molecule has 2 heterocycles. The topological polar surface area (TPSA) is 187 Å². The molecule has 0 radical (unpaired) electrons. The van der Waals surface area contributed by atoms with Crippen LogP contribution in [0, 0.1) is 36.9 Å². The first-order valence-corrected chi connectivity index (χ1v) is 14.5. The first kappa shape index (κ1) is 35.0. The highest BCUT2D eigenvalue weighted by molar-refractivity contribution is 5.97. The maximum atomic E-state index is 14.5. The number of aromatic nitrogens is 1. The molecule has 14 heteroatoms. The number of nitriles is 1. The Balaban J connectivity index is 1.80. The summed E-state index contributed by atoms with van der Waals surface area (Å²) in [6.45, 7) is 8.16. The highest BCUT2D eigenvalue weighted by Gasteiger charge is 2.42. The van der Waals surface area contributed by atoms with Crippen LogP contribution in [0.25, 0.3) is 0 Å². The van der Waals surface area contributed by atoms with Gasteiger partial charge in [-0.3, -0.25) is 24.5 Å². The molecule has 4 atom stereocenters. The fourth-order valence-corrected chi connectivity index (χ4v) is 4.66. The number of ether oxygens (including phenoxy) is 1. The minimum Gasteiger partial charge on any atom is -0.389 e. The van der Waals surface area contributed by atoms with Crippen molar-refractivity contribution in [2.75, 3.05) is 19.7 Å². The van der Waals surface area contributed by atoms with Gasteiger partial charge in [0.1, 0.15) is 29.3 Å². The summed E-state index contributed by atoms with van der Waals surface area (Å²) in [6, 6.07) is 6.46. The Hall–Kier alpha value is -4.45. The van der Waals surface area contributed by atoms with Crippen molar-refractivity contribution in [1.82, 2.24) is 26.0 Å². The lowest BCUT2D eigenvalue weighted by Crippen LogP contribution is -2.71. The van der Waals surface area contributed by atoms with Gasteiger partial charge in [0.05, 0.1) is 18.8 Å².